The summed E-state index contributed by atoms with van der Waals surface area (Å²) in [6.07, 6.45) is -5.60. The first-order chi connectivity index (χ1) is 27.4. The Hall–Kier alpha value is -4.37. The minimum Gasteiger partial charge on any atom is -0.405 e. The van der Waals surface area contributed by atoms with Gasteiger partial charge in [0.05, 0.1) is 24.8 Å². The van der Waals surface area contributed by atoms with Crippen LogP contribution in [0.1, 0.15) is 70.1 Å². The molecule has 1 unspecified atom stereocenters. The number of aromatic nitrogens is 2. The lowest BCUT2D eigenvalue weighted by Gasteiger charge is -2.43. The van der Waals surface area contributed by atoms with Crippen LogP contribution in [0.25, 0.3) is 0 Å². The molecule has 4 aromatic rings. The third-order valence-electron chi connectivity index (χ3n) is 9.05. The molecule has 2 amide bonds. The highest BCUT2D eigenvalue weighted by Gasteiger charge is 2.51. The van der Waals surface area contributed by atoms with E-state index >= 15 is 0 Å². The Morgan fingerprint density at radius 1 is 0.931 bits per heavy atom. The molecule has 2 N–H and O–H groups in total. The second-order valence-corrected chi connectivity index (χ2v) is 22.8. The lowest BCUT2D eigenvalue weighted by Crippen LogP contribution is -2.67. The number of hydrogen-bond acceptors (Lipinski definition) is 9. The summed E-state index contributed by atoms with van der Waals surface area (Å²) in [6.45, 7) is 12.3. The lowest BCUT2D eigenvalue weighted by atomic mass is 10.2. The topological polar surface area (TPSA) is 121 Å². The van der Waals surface area contributed by atoms with Crippen molar-refractivity contribution in [3.63, 3.8) is 0 Å². The summed E-state index contributed by atoms with van der Waals surface area (Å²) in [6, 6.07) is 28.5. The van der Waals surface area contributed by atoms with Crippen LogP contribution in [0.15, 0.2) is 102 Å². The van der Waals surface area contributed by atoms with Gasteiger partial charge in [-0.1, -0.05) is 154 Å². The van der Waals surface area contributed by atoms with E-state index < -0.39 is 57.0 Å². The van der Waals surface area contributed by atoms with Crippen molar-refractivity contribution >= 4 is 57.9 Å². The molecule has 1 fully saturated rings. The van der Waals surface area contributed by atoms with Gasteiger partial charge in [-0.3, -0.25) is 14.2 Å². The van der Waals surface area contributed by atoms with Crippen LogP contribution in [0.5, 0.6) is 0 Å². The third kappa shape index (κ3) is 11.4. The van der Waals surface area contributed by atoms with E-state index in [0.717, 1.165) is 10.4 Å². The number of ether oxygens (including phenoxy) is 2. The fourth-order valence-electron chi connectivity index (χ4n) is 6.48. The van der Waals surface area contributed by atoms with Crippen LogP contribution in [-0.2, 0) is 18.7 Å². The monoisotopic (exact) mass is 852 g/mol. The standard InChI is InChI=1S/C42H47F3N4O6S2Si/c1-40(2,3)57-56-28-53-33-25-35(55-34(33)27-54-58(41(4,5)6,31-20-12-8-13-21-31)32-22-14-9-15-23-32)49-26-30(19-16-24-46-38(51)42(43,44)45)36(48-39(49)52)47-37(50)29-17-10-7-11-18-29/h7-15,17-18,20-23,26,33-35H,24-25,27-28H2,1-6H3,(H,46,51)(H,47,48,50,52)/t33?,34-,35-/m1/s1. The normalized spacial score (nSPS) is 17.3. The number of anilines is 1. The van der Waals surface area contributed by atoms with Crippen molar-refractivity contribution in [2.45, 2.75) is 82.4 Å². The lowest BCUT2D eigenvalue weighted by molar-refractivity contribution is -0.173. The van der Waals surface area contributed by atoms with Gasteiger partial charge in [0.2, 0.25) is 0 Å². The predicted octanol–water partition coefficient (Wildman–Crippen LogP) is 6.91. The van der Waals surface area contributed by atoms with Crippen LogP contribution in [0, 0.1) is 11.8 Å². The van der Waals surface area contributed by atoms with Crippen molar-refractivity contribution in [2.75, 3.05) is 24.4 Å². The summed E-state index contributed by atoms with van der Waals surface area (Å²) in [4.78, 5) is 42.4. The highest BCUT2D eigenvalue weighted by molar-refractivity contribution is 8.77. The van der Waals surface area contributed by atoms with Gasteiger partial charge in [-0.15, -0.1) is 0 Å². The predicted molar refractivity (Wildman–Crippen MR) is 226 cm³/mol. The number of hydrogen-bond donors (Lipinski definition) is 2. The van der Waals surface area contributed by atoms with Crippen molar-refractivity contribution in [1.82, 2.24) is 14.9 Å². The summed E-state index contributed by atoms with van der Waals surface area (Å²) in [7, 11) is 0.231. The molecule has 0 radical (unpaired) electrons. The minimum atomic E-state index is -5.09. The molecule has 1 saturated heterocycles. The Bertz CT molecular complexity index is 2100. The molecule has 10 nitrogen and oxygen atoms in total. The van der Waals surface area contributed by atoms with E-state index in [0.29, 0.717) is 5.94 Å². The average Bonchev–Trinajstić information content (AvgIpc) is 3.58. The summed E-state index contributed by atoms with van der Waals surface area (Å²) in [5, 5.41) is 6.13. The van der Waals surface area contributed by atoms with Crippen molar-refractivity contribution in [1.29, 1.82) is 0 Å². The second-order valence-electron chi connectivity index (χ2n) is 15.5. The van der Waals surface area contributed by atoms with Gasteiger partial charge in [0.15, 0.2) is 5.82 Å². The van der Waals surface area contributed by atoms with Gasteiger partial charge >= 0.3 is 17.8 Å². The number of benzene rings is 3. The molecule has 58 heavy (non-hydrogen) atoms. The maximum Gasteiger partial charge on any atom is 0.471 e. The van der Waals surface area contributed by atoms with Gasteiger partial charge in [0, 0.05) is 22.9 Å². The fourth-order valence-corrected chi connectivity index (χ4v) is 13.1. The molecule has 2 heterocycles. The van der Waals surface area contributed by atoms with E-state index in [1.807, 2.05) is 36.4 Å². The second kappa shape index (κ2) is 19.1. The Balaban J connectivity index is 1.49. The van der Waals surface area contributed by atoms with E-state index in [9.17, 15) is 27.6 Å². The maximum atomic E-state index is 13.7. The third-order valence-corrected chi connectivity index (χ3v) is 17.0. The first-order valence-corrected chi connectivity index (χ1v) is 22.8. The Kier molecular flexibility index (Phi) is 14.8. The van der Waals surface area contributed by atoms with Gasteiger partial charge in [-0.2, -0.15) is 18.2 Å². The highest BCUT2D eigenvalue weighted by Crippen LogP contribution is 2.40. The van der Waals surface area contributed by atoms with E-state index in [1.54, 1.807) is 57.2 Å². The molecule has 1 aliphatic rings. The molecule has 0 bridgehead atoms. The Morgan fingerprint density at radius 2 is 1.52 bits per heavy atom. The molecule has 3 aromatic carbocycles. The Morgan fingerprint density at radius 3 is 2.07 bits per heavy atom. The van der Waals surface area contributed by atoms with Crippen LogP contribution in [0.3, 0.4) is 0 Å². The van der Waals surface area contributed by atoms with Gasteiger partial charge in [0.25, 0.3) is 14.2 Å². The molecule has 16 heteroatoms. The number of alkyl halides is 3. The highest BCUT2D eigenvalue weighted by atomic mass is 33.1. The number of carbonyl (C=O) groups excluding carboxylic acids is 2. The van der Waals surface area contributed by atoms with Crippen molar-refractivity contribution in [3.05, 3.63) is 119 Å². The smallest absolute Gasteiger partial charge is 0.405 e. The molecule has 308 valence electrons. The summed E-state index contributed by atoms with van der Waals surface area (Å²) in [5.74, 6) is 2.51. The fraction of sp³-hybridized carbons (Fsp3) is 0.381. The van der Waals surface area contributed by atoms with Gasteiger partial charge in [0.1, 0.15) is 18.3 Å². The quantitative estimate of drug-likeness (QED) is 0.0486. The van der Waals surface area contributed by atoms with E-state index in [4.69, 9.17) is 13.9 Å². The Labute approximate surface area is 345 Å². The molecule has 0 spiro atoms. The summed E-state index contributed by atoms with van der Waals surface area (Å²) in [5.41, 5.74) is -0.486. The van der Waals surface area contributed by atoms with Crippen molar-refractivity contribution in [2.24, 2.45) is 0 Å². The zero-order valence-electron chi connectivity index (χ0n) is 33.1. The molecule has 3 atom stereocenters. The SMILES string of the molecule is CC(C)(C)SSCOC1C[C@H](n2cc(C#CCNC(=O)C(F)(F)F)c(NC(=O)c3ccccc3)nc2=O)O[C@@H]1CO[Si](c1ccccc1)(c1ccccc1)C(C)(C)C. The molecular weight excluding hydrogens is 806 g/mol. The molecule has 5 rings (SSSR count). The maximum absolute atomic E-state index is 13.7. The molecule has 1 aliphatic heterocycles. The van der Waals surface area contributed by atoms with Crippen LogP contribution in [0.4, 0.5) is 19.0 Å². The largest absolute Gasteiger partial charge is 0.471 e. The van der Waals surface area contributed by atoms with Crippen LogP contribution >= 0.6 is 21.6 Å². The summed E-state index contributed by atoms with van der Waals surface area (Å²) < 4.78 is 60.0. The van der Waals surface area contributed by atoms with E-state index in [-0.39, 0.29) is 39.8 Å². The van der Waals surface area contributed by atoms with E-state index in [1.165, 1.54) is 10.8 Å². The number of rotatable bonds is 13. The number of halogens is 3. The zero-order chi connectivity index (χ0) is 42.1. The van der Waals surface area contributed by atoms with Crippen LogP contribution < -0.4 is 26.7 Å². The number of nitrogens with zero attached hydrogens (tertiary/aromatic N) is 2. The number of nitrogens with one attached hydrogen (secondary N) is 2. The van der Waals surface area contributed by atoms with Crippen LogP contribution in [0.2, 0.25) is 5.04 Å². The first kappa shape index (κ1) is 44.7. The minimum absolute atomic E-state index is 0.00959. The first-order valence-electron chi connectivity index (χ1n) is 18.6. The van der Waals surface area contributed by atoms with Crippen molar-refractivity contribution < 1.29 is 36.7 Å². The zero-order valence-corrected chi connectivity index (χ0v) is 35.7. The van der Waals surface area contributed by atoms with E-state index in [2.05, 4.69) is 87.9 Å². The molecule has 0 saturated carbocycles. The average molecular weight is 853 g/mol. The van der Waals surface area contributed by atoms with Crippen LogP contribution in [-0.4, -0.2) is 71.9 Å². The molecule has 0 aliphatic carbocycles. The van der Waals surface area contributed by atoms with Gasteiger partial charge in [-0.05, 0) is 27.5 Å². The molecular formula is C42H47F3N4O6S2Si. The molecule has 1 aromatic heterocycles. The van der Waals surface area contributed by atoms with Gasteiger partial charge < -0.3 is 24.5 Å². The summed E-state index contributed by atoms with van der Waals surface area (Å²) >= 11 is 0. The number of carbonyl (C=O) groups is 2. The van der Waals surface area contributed by atoms with Crippen molar-refractivity contribution in [3.8, 4) is 11.8 Å². The number of amides is 2. The van der Waals surface area contributed by atoms with Gasteiger partial charge in [-0.25, -0.2) is 4.79 Å².